The van der Waals surface area contributed by atoms with E-state index in [1.807, 2.05) is 60.8 Å². The van der Waals surface area contributed by atoms with Crippen molar-refractivity contribution in [2.75, 3.05) is 7.05 Å². The number of carbonyl (C=O) groups is 1. The van der Waals surface area contributed by atoms with E-state index in [4.69, 9.17) is 0 Å². The quantitative estimate of drug-likeness (QED) is 0.570. The molecule has 0 fully saturated rings. The Morgan fingerprint density at radius 2 is 1.64 bits per heavy atom. The van der Waals surface area contributed by atoms with Crippen molar-refractivity contribution in [3.8, 4) is 0 Å². The van der Waals surface area contributed by atoms with Gasteiger partial charge in [-0.05, 0) is 29.8 Å². The van der Waals surface area contributed by atoms with Gasteiger partial charge in [0.05, 0.1) is 11.0 Å². The maximum absolute atomic E-state index is 12.7. The fourth-order valence-electron chi connectivity index (χ4n) is 2.93. The minimum absolute atomic E-state index is 0.0982. The number of hydrogen-bond donors (Lipinski definition) is 0. The number of pyridine rings is 2. The summed E-state index contributed by atoms with van der Waals surface area (Å²) in [6.45, 7) is 0.491. The van der Waals surface area contributed by atoms with E-state index in [2.05, 4.69) is 16.0 Å². The second-order valence-corrected chi connectivity index (χ2v) is 6.09. The number of amides is 1. The van der Waals surface area contributed by atoms with Crippen LogP contribution in [0.1, 0.15) is 16.1 Å². The van der Waals surface area contributed by atoms with E-state index in [9.17, 15) is 4.79 Å². The molecular weight excluding hydrogens is 310 g/mol. The zero-order valence-electron chi connectivity index (χ0n) is 13.9. The smallest absolute Gasteiger partial charge is 0.272 e. The van der Waals surface area contributed by atoms with E-state index >= 15 is 0 Å². The van der Waals surface area contributed by atoms with E-state index in [-0.39, 0.29) is 5.91 Å². The lowest BCUT2D eigenvalue weighted by molar-refractivity contribution is 0.0779. The molecule has 1 amide bonds. The Balaban J connectivity index is 1.57. The van der Waals surface area contributed by atoms with Gasteiger partial charge in [-0.2, -0.15) is 0 Å². The SMILES string of the molecule is CN(Cc1cnc2ccccc2c1)C(=O)c1ccc2ccccc2n1. The first kappa shape index (κ1) is 15.3. The van der Waals surface area contributed by atoms with Gasteiger partial charge in [0.15, 0.2) is 0 Å². The molecule has 0 aliphatic rings. The Labute approximate surface area is 145 Å². The van der Waals surface area contributed by atoms with Crippen LogP contribution in [0.25, 0.3) is 21.8 Å². The van der Waals surface area contributed by atoms with Crippen LogP contribution >= 0.6 is 0 Å². The molecule has 4 rings (SSSR count). The Morgan fingerprint density at radius 1 is 0.920 bits per heavy atom. The van der Waals surface area contributed by atoms with Crippen LogP contribution in [0.2, 0.25) is 0 Å². The van der Waals surface area contributed by atoms with Crippen LogP contribution in [0.15, 0.2) is 72.9 Å². The first-order valence-electron chi connectivity index (χ1n) is 8.16. The summed E-state index contributed by atoms with van der Waals surface area (Å²) in [6.07, 6.45) is 1.82. The van der Waals surface area contributed by atoms with Crippen molar-refractivity contribution in [1.82, 2.24) is 14.9 Å². The lowest BCUT2D eigenvalue weighted by atomic mass is 10.1. The van der Waals surface area contributed by atoms with Crippen molar-refractivity contribution < 1.29 is 4.79 Å². The van der Waals surface area contributed by atoms with Crippen LogP contribution in [0, 0.1) is 0 Å². The van der Waals surface area contributed by atoms with Gasteiger partial charge >= 0.3 is 0 Å². The molecule has 25 heavy (non-hydrogen) atoms. The Hall–Kier alpha value is -3.27. The Morgan fingerprint density at radius 3 is 2.48 bits per heavy atom. The molecule has 4 nitrogen and oxygen atoms in total. The third-order valence-corrected chi connectivity index (χ3v) is 4.23. The molecule has 0 saturated heterocycles. The predicted molar refractivity (Wildman–Crippen MR) is 99.3 cm³/mol. The molecule has 0 bridgehead atoms. The standard InChI is InChI=1S/C21H17N3O/c1-24(14-15-12-17-7-3-4-8-18(17)22-13-15)21(25)20-11-10-16-6-2-5-9-19(16)23-20/h2-13H,14H2,1H3. The van der Waals surface area contributed by atoms with Gasteiger partial charge in [0.25, 0.3) is 5.91 Å². The van der Waals surface area contributed by atoms with E-state index in [1.165, 1.54) is 0 Å². The van der Waals surface area contributed by atoms with Crippen LogP contribution in [0.3, 0.4) is 0 Å². The summed E-state index contributed by atoms with van der Waals surface area (Å²) < 4.78 is 0. The van der Waals surface area contributed by atoms with Crippen molar-refractivity contribution in [1.29, 1.82) is 0 Å². The van der Waals surface area contributed by atoms with Crippen molar-refractivity contribution in [3.63, 3.8) is 0 Å². The third kappa shape index (κ3) is 3.06. The minimum atomic E-state index is -0.0982. The molecule has 2 aromatic heterocycles. The predicted octanol–water partition coefficient (Wildman–Crippen LogP) is 4.06. The van der Waals surface area contributed by atoms with Crippen molar-refractivity contribution >= 4 is 27.7 Å². The fourth-order valence-corrected chi connectivity index (χ4v) is 2.93. The molecule has 0 aliphatic carbocycles. The number of nitrogens with zero attached hydrogens (tertiary/aromatic N) is 3. The molecule has 0 spiro atoms. The maximum atomic E-state index is 12.7. The Bertz CT molecular complexity index is 1070. The minimum Gasteiger partial charge on any atom is -0.336 e. The second kappa shape index (κ2) is 6.32. The van der Waals surface area contributed by atoms with Gasteiger partial charge in [-0.25, -0.2) is 4.98 Å². The lowest BCUT2D eigenvalue weighted by Gasteiger charge is -2.17. The van der Waals surface area contributed by atoms with E-state index < -0.39 is 0 Å². The summed E-state index contributed by atoms with van der Waals surface area (Å²) in [6, 6.07) is 21.5. The monoisotopic (exact) mass is 327 g/mol. The van der Waals surface area contributed by atoms with Crippen LogP contribution < -0.4 is 0 Å². The zero-order chi connectivity index (χ0) is 17.2. The first-order chi connectivity index (χ1) is 12.2. The van der Waals surface area contributed by atoms with Gasteiger partial charge in [-0.3, -0.25) is 9.78 Å². The Kier molecular flexibility index (Phi) is 3.86. The molecule has 0 saturated carbocycles. The van der Waals surface area contributed by atoms with E-state index in [0.717, 1.165) is 27.4 Å². The first-order valence-corrected chi connectivity index (χ1v) is 8.16. The highest BCUT2D eigenvalue weighted by molar-refractivity contribution is 5.94. The zero-order valence-corrected chi connectivity index (χ0v) is 13.9. The highest BCUT2D eigenvalue weighted by atomic mass is 16.2. The number of rotatable bonds is 3. The van der Waals surface area contributed by atoms with Crippen LogP contribution in [0.5, 0.6) is 0 Å². The molecule has 0 N–H and O–H groups in total. The number of hydrogen-bond acceptors (Lipinski definition) is 3. The largest absolute Gasteiger partial charge is 0.336 e. The number of benzene rings is 2. The third-order valence-electron chi connectivity index (χ3n) is 4.23. The van der Waals surface area contributed by atoms with Gasteiger partial charge in [0.1, 0.15) is 5.69 Å². The number of carbonyl (C=O) groups excluding carboxylic acids is 1. The molecular formula is C21H17N3O. The summed E-state index contributed by atoms with van der Waals surface area (Å²) in [5, 5.41) is 2.10. The van der Waals surface area contributed by atoms with E-state index in [0.29, 0.717) is 12.2 Å². The number of para-hydroxylation sites is 2. The van der Waals surface area contributed by atoms with Gasteiger partial charge in [0, 0.05) is 30.6 Å². The van der Waals surface area contributed by atoms with Crippen molar-refractivity contribution in [2.45, 2.75) is 6.54 Å². The molecule has 0 radical (unpaired) electrons. The summed E-state index contributed by atoms with van der Waals surface area (Å²) in [7, 11) is 1.79. The highest BCUT2D eigenvalue weighted by Gasteiger charge is 2.14. The molecule has 4 aromatic rings. The molecule has 0 atom stereocenters. The molecule has 0 unspecified atom stereocenters. The normalized spacial score (nSPS) is 10.9. The highest BCUT2D eigenvalue weighted by Crippen LogP contribution is 2.16. The maximum Gasteiger partial charge on any atom is 0.272 e. The van der Waals surface area contributed by atoms with Gasteiger partial charge in [-0.15, -0.1) is 0 Å². The molecule has 2 aromatic carbocycles. The summed E-state index contributed by atoms with van der Waals surface area (Å²) in [5.41, 5.74) is 3.23. The summed E-state index contributed by atoms with van der Waals surface area (Å²) >= 11 is 0. The van der Waals surface area contributed by atoms with Gasteiger partial charge in [-0.1, -0.05) is 42.5 Å². The van der Waals surface area contributed by atoms with Crippen LogP contribution in [-0.2, 0) is 6.54 Å². The average molecular weight is 327 g/mol. The fraction of sp³-hybridized carbons (Fsp3) is 0.0952. The number of aromatic nitrogens is 2. The van der Waals surface area contributed by atoms with Crippen LogP contribution in [-0.4, -0.2) is 27.8 Å². The molecule has 2 heterocycles. The van der Waals surface area contributed by atoms with E-state index in [1.54, 1.807) is 18.0 Å². The van der Waals surface area contributed by atoms with Crippen LogP contribution in [0.4, 0.5) is 0 Å². The second-order valence-electron chi connectivity index (χ2n) is 6.09. The van der Waals surface area contributed by atoms with Crippen molar-refractivity contribution in [2.24, 2.45) is 0 Å². The topological polar surface area (TPSA) is 46.1 Å². The summed E-state index contributed by atoms with van der Waals surface area (Å²) in [5.74, 6) is -0.0982. The van der Waals surface area contributed by atoms with Gasteiger partial charge in [0.2, 0.25) is 0 Å². The summed E-state index contributed by atoms with van der Waals surface area (Å²) in [4.78, 5) is 23.3. The molecule has 122 valence electrons. The number of fused-ring (bicyclic) bond motifs is 2. The lowest BCUT2D eigenvalue weighted by Crippen LogP contribution is -2.27. The molecule has 0 aliphatic heterocycles. The average Bonchev–Trinajstić information content (AvgIpc) is 2.67. The molecule has 4 heteroatoms. The van der Waals surface area contributed by atoms with Crippen molar-refractivity contribution in [3.05, 3.63) is 84.2 Å². The van der Waals surface area contributed by atoms with Gasteiger partial charge < -0.3 is 4.90 Å².